The van der Waals surface area contributed by atoms with Crippen LogP contribution in [0.2, 0.25) is 0 Å². The van der Waals surface area contributed by atoms with Gasteiger partial charge in [0.15, 0.2) is 0 Å². The van der Waals surface area contributed by atoms with Crippen LogP contribution in [0.5, 0.6) is 5.75 Å². The molecular formula is C13H15FN2O. The van der Waals surface area contributed by atoms with Gasteiger partial charge in [0, 0.05) is 23.6 Å². The summed E-state index contributed by atoms with van der Waals surface area (Å²) in [5.41, 5.74) is 6.71. The Labute approximate surface area is 100.0 Å². The van der Waals surface area contributed by atoms with Gasteiger partial charge in [-0.2, -0.15) is 5.26 Å². The summed E-state index contributed by atoms with van der Waals surface area (Å²) in [6.07, 6.45) is 0.828. The molecule has 1 aliphatic heterocycles. The highest BCUT2D eigenvalue weighted by atomic mass is 19.1. The number of hydrogen-bond donors (Lipinski definition) is 1. The second-order valence-electron chi connectivity index (χ2n) is 4.84. The second-order valence-corrected chi connectivity index (χ2v) is 4.84. The van der Waals surface area contributed by atoms with Gasteiger partial charge in [-0.3, -0.25) is 0 Å². The van der Waals surface area contributed by atoms with Crippen molar-refractivity contribution in [2.75, 3.05) is 0 Å². The van der Waals surface area contributed by atoms with Crippen molar-refractivity contribution >= 4 is 0 Å². The monoisotopic (exact) mass is 234 g/mol. The summed E-state index contributed by atoms with van der Waals surface area (Å²) in [4.78, 5) is 0. The minimum absolute atomic E-state index is 0.279. The van der Waals surface area contributed by atoms with Crippen LogP contribution in [0.4, 0.5) is 4.39 Å². The molecule has 1 heterocycles. The van der Waals surface area contributed by atoms with Crippen molar-refractivity contribution < 1.29 is 9.13 Å². The maximum absolute atomic E-state index is 13.4. The average molecular weight is 234 g/mol. The third kappa shape index (κ3) is 2.11. The second kappa shape index (κ2) is 4.01. The lowest BCUT2D eigenvalue weighted by Gasteiger charge is -2.21. The number of nitrogens with two attached hydrogens (primary N) is 1. The molecule has 0 bridgehead atoms. The van der Waals surface area contributed by atoms with Gasteiger partial charge in [0.1, 0.15) is 17.2 Å². The van der Waals surface area contributed by atoms with Gasteiger partial charge in [0.25, 0.3) is 0 Å². The van der Waals surface area contributed by atoms with E-state index in [0.29, 0.717) is 17.7 Å². The lowest BCUT2D eigenvalue weighted by molar-refractivity contribution is 0.120. The summed E-state index contributed by atoms with van der Waals surface area (Å²) in [5.74, 6) is 0.347. The van der Waals surface area contributed by atoms with Crippen LogP contribution in [0.25, 0.3) is 0 Å². The Hall–Kier alpha value is -1.60. The van der Waals surface area contributed by atoms with Gasteiger partial charge in [-0.15, -0.1) is 0 Å². The molecule has 0 amide bonds. The minimum atomic E-state index is -0.561. The molecule has 0 aromatic heterocycles. The van der Waals surface area contributed by atoms with E-state index in [1.54, 1.807) is 6.92 Å². The Bertz CT molecular complexity index is 493. The van der Waals surface area contributed by atoms with E-state index in [1.165, 1.54) is 12.1 Å². The van der Waals surface area contributed by atoms with Crippen molar-refractivity contribution in [3.63, 3.8) is 0 Å². The van der Waals surface area contributed by atoms with E-state index >= 15 is 0 Å². The molecule has 2 atom stereocenters. The number of fused-ring (bicyclic) bond motifs is 1. The summed E-state index contributed by atoms with van der Waals surface area (Å²) < 4.78 is 19.3. The maximum atomic E-state index is 13.4. The molecule has 90 valence electrons. The Balaban J connectivity index is 2.45. The van der Waals surface area contributed by atoms with E-state index in [4.69, 9.17) is 15.7 Å². The molecule has 2 rings (SSSR count). The molecule has 1 aromatic rings. The first-order valence-corrected chi connectivity index (χ1v) is 5.59. The summed E-state index contributed by atoms with van der Waals surface area (Å²) in [6, 6.07) is 4.68. The quantitative estimate of drug-likeness (QED) is 0.855. The average Bonchev–Trinajstić information content (AvgIpc) is 2.53. The number of ether oxygens (including phenoxy) is 1. The molecule has 0 spiro atoms. The zero-order valence-electron chi connectivity index (χ0n) is 9.96. The van der Waals surface area contributed by atoms with E-state index in [0.717, 1.165) is 5.56 Å². The predicted octanol–water partition coefficient (Wildman–Crippen LogP) is 2.45. The fourth-order valence-electron chi connectivity index (χ4n) is 2.22. The number of halogens is 1. The van der Waals surface area contributed by atoms with E-state index in [1.807, 2.05) is 6.92 Å². The van der Waals surface area contributed by atoms with E-state index in [2.05, 4.69) is 6.07 Å². The Kier molecular flexibility index (Phi) is 2.80. The molecule has 3 nitrogen and oxygen atoms in total. The van der Waals surface area contributed by atoms with Crippen LogP contribution in [0.3, 0.4) is 0 Å². The van der Waals surface area contributed by atoms with Gasteiger partial charge in [0.2, 0.25) is 0 Å². The van der Waals surface area contributed by atoms with Crippen LogP contribution in [0.1, 0.15) is 37.4 Å². The van der Waals surface area contributed by atoms with Gasteiger partial charge in [-0.25, -0.2) is 4.39 Å². The molecular weight excluding hydrogens is 219 g/mol. The van der Waals surface area contributed by atoms with Crippen molar-refractivity contribution in [1.29, 1.82) is 5.26 Å². The molecule has 4 heteroatoms. The molecule has 0 aliphatic carbocycles. The lowest BCUT2D eigenvalue weighted by Crippen LogP contribution is -2.29. The van der Waals surface area contributed by atoms with E-state index in [9.17, 15) is 4.39 Å². The van der Waals surface area contributed by atoms with Gasteiger partial charge >= 0.3 is 0 Å². The van der Waals surface area contributed by atoms with Gasteiger partial charge in [0.05, 0.1) is 12.5 Å². The fourth-order valence-corrected chi connectivity index (χ4v) is 2.22. The summed E-state index contributed by atoms with van der Waals surface area (Å²) in [6.45, 7) is 3.65. The Morgan fingerprint density at radius 2 is 2.35 bits per heavy atom. The normalized spacial score (nSPS) is 23.7. The largest absolute Gasteiger partial charge is 0.486 e. The highest BCUT2D eigenvalue weighted by molar-refractivity contribution is 5.47. The Morgan fingerprint density at radius 1 is 1.65 bits per heavy atom. The molecule has 0 saturated heterocycles. The highest BCUT2D eigenvalue weighted by Gasteiger charge is 2.36. The van der Waals surface area contributed by atoms with Crippen molar-refractivity contribution in [2.24, 2.45) is 5.73 Å². The number of benzene rings is 1. The summed E-state index contributed by atoms with van der Waals surface area (Å²) >= 11 is 0. The number of nitrogens with zero attached hydrogens (tertiary/aromatic N) is 1. The molecule has 1 unspecified atom stereocenters. The topological polar surface area (TPSA) is 59.0 Å². The van der Waals surface area contributed by atoms with E-state index in [-0.39, 0.29) is 18.3 Å². The minimum Gasteiger partial charge on any atom is -0.486 e. The van der Waals surface area contributed by atoms with Gasteiger partial charge in [-0.1, -0.05) is 0 Å². The van der Waals surface area contributed by atoms with Crippen LogP contribution in [-0.2, 0) is 6.42 Å². The number of hydrogen-bond acceptors (Lipinski definition) is 3. The third-order valence-corrected chi connectivity index (χ3v) is 3.02. The first-order valence-electron chi connectivity index (χ1n) is 5.59. The Morgan fingerprint density at radius 3 is 2.94 bits per heavy atom. The fraction of sp³-hybridized carbons (Fsp3) is 0.462. The van der Waals surface area contributed by atoms with Crippen molar-refractivity contribution in [3.05, 3.63) is 29.1 Å². The van der Waals surface area contributed by atoms with Crippen LogP contribution in [0.15, 0.2) is 12.1 Å². The molecule has 0 fully saturated rings. The first-order chi connectivity index (χ1) is 7.95. The maximum Gasteiger partial charge on any atom is 0.128 e. The smallest absolute Gasteiger partial charge is 0.128 e. The molecule has 2 N–H and O–H groups in total. The standard InChI is InChI=1S/C13H15FN2O/c1-8(16)11-6-10(14)5-9-7-13(2,3-4-15)17-12(9)11/h5-6,8H,3,7,16H2,1-2H3/t8?,13-/m1/s1. The number of rotatable bonds is 2. The third-order valence-electron chi connectivity index (χ3n) is 3.02. The predicted molar refractivity (Wildman–Crippen MR) is 62.0 cm³/mol. The molecule has 1 aromatic carbocycles. The van der Waals surface area contributed by atoms with Crippen LogP contribution in [0, 0.1) is 17.1 Å². The molecule has 0 radical (unpaired) electrons. The van der Waals surface area contributed by atoms with Crippen molar-refractivity contribution in [1.82, 2.24) is 0 Å². The SMILES string of the molecule is CC(N)c1cc(F)cc2c1O[C@](C)(CC#N)C2. The van der Waals surface area contributed by atoms with E-state index < -0.39 is 5.60 Å². The summed E-state index contributed by atoms with van der Waals surface area (Å²) in [7, 11) is 0. The molecule has 1 aliphatic rings. The molecule has 17 heavy (non-hydrogen) atoms. The first kappa shape index (κ1) is 11.9. The highest BCUT2D eigenvalue weighted by Crippen LogP contribution is 2.41. The summed E-state index contributed by atoms with van der Waals surface area (Å²) in [5, 5.41) is 8.78. The zero-order chi connectivity index (χ0) is 12.6. The van der Waals surface area contributed by atoms with Crippen LogP contribution in [-0.4, -0.2) is 5.60 Å². The molecule has 0 saturated carbocycles. The van der Waals surface area contributed by atoms with Crippen molar-refractivity contribution in [3.8, 4) is 11.8 Å². The lowest BCUT2D eigenvalue weighted by atomic mass is 9.95. The van der Waals surface area contributed by atoms with Gasteiger partial charge < -0.3 is 10.5 Å². The van der Waals surface area contributed by atoms with Crippen LogP contribution < -0.4 is 10.5 Å². The van der Waals surface area contributed by atoms with Gasteiger partial charge in [-0.05, 0) is 26.0 Å². The number of nitriles is 1. The zero-order valence-corrected chi connectivity index (χ0v) is 9.96. The van der Waals surface area contributed by atoms with Crippen LogP contribution >= 0.6 is 0 Å². The van der Waals surface area contributed by atoms with Crippen molar-refractivity contribution in [2.45, 2.75) is 38.3 Å².